The van der Waals surface area contributed by atoms with E-state index in [2.05, 4.69) is 15.3 Å². The van der Waals surface area contributed by atoms with Gasteiger partial charge in [0, 0.05) is 7.05 Å². The molecule has 94 valence electrons. The van der Waals surface area contributed by atoms with Crippen LogP contribution in [0.5, 0.6) is 0 Å². The monoisotopic (exact) mass is 247 g/mol. The van der Waals surface area contributed by atoms with Gasteiger partial charge in [0.05, 0.1) is 10.9 Å². The maximum Gasteiger partial charge on any atom is 0.274 e. The first-order valence-corrected chi connectivity index (χ1v) is 5.71. The van der Waals surface area contributed by atoms with Crippen molar-refractivity contribution in [3.8, 4) is 0 Å². The van der Waals surface area contributed by atoms with Crippen LogP contribution in [-0.4, -0.2) is 29.5 Å². The van der Waals surface area contributed by atoms with Crippen molar-refractivity contribution in [3.63, 3.8) is 0 Å². The first kappa shape index (κ1) is 12.3. The SMILES string of the molecule is CNC(=O)C[NH2+]Cc1nc2ccccc2c(=O)[nH]1. The Kier molecular flexibility index (Phi) is 3.69. The third-order valence-corrected chi connectivity index (χ3v) is 2.61. The molecule has 0 bridgehead atoms. The number of quaternary nitrogens is 1. The molecule has 1 aromatic heterocycles. The largest absolute Gasteiger partial charge is 0.354 e. The molecular weight excluding hydrogens is 232 g/mol. The van der Waals surface area contributed by atoms with Crippen LogP contribution in [0.3, 0.4) is 0 Å². The molecule has 0 atom stereocenters. The molecule has 0 fully saturated rings. The second kappa shape index (κ2) is 5.42. The van der Waals surface area contributed by atoms with E-state index in [4.69, 9.17) is 0 Å². The van der Waals surface area contributed by atoms with Gasteiger partial charge in [0.2, 0.25) is 0 Å². The van der Waals surface area contributed by atoms with E-state index in [1.54, 1.807) is 30.6 Å². The van der Waals surface area contributed by atoms with Crippen molar-refractivity contribution < 1.29 is 10.1 Å². The summed E-state index contributed by atoms with van der Waals surface area (Å²) in [6, 6.07) is 7.18. The average Bonchev–Trinajstić information content (AvgIpc) is 2.38. The van der Waals surface area contributed by atoms with Gasteiger partial charge >= 0.3 is 0 Å². The van der Waals surface area contributed by atoms with Crippen LogP contribution in [0, 0.1) is 0 Å². The van der Waals surface area contributed by atoms with E-state index < -0.39 is 0 Å². The highest BCUT2D eigenvalue weighted by Crippen LogP contribution is 2.04. The number of amides is 1. The number of H-pyrrole nitrogens is 1. The number of benzene rings is 1. The molecule has 0 saturated carbocycles. The fourth-order valence-corrected chi connectivity index (χ4v) is 1.67. The predicted molar refractivity (Wildman–Crippen MR) is 66.9 cm³/mol. The zero-order valence-electron chi connectivity index (χ0n) is 10.1. The summed E-state index contributed by atoms with van der Waals surface area (Å²) in [5, 5.41) is 4.89. The van der Waals surface area contributed by atoms with Crippen LogP contribution in [0.4, 0.5) is 0 Å². The molecule has 0 aliphatic heterocycles. The Hall–Kier alpha value is -2.21. The summed E-state index contributed by atoms with van der Waals surface area (Å²) >= 11 is 0. The summed E-state index contributed by atoms with van der Waals surface area (Å²) in [4.78, 5) is 29.9. The summed E-state index contributed by atoms with van der Waals surface area (Å²) in [6.45, 7) is 0.778. The van der Waals surface area contributed by atoms with Gasteiger partial charge in [-0.1, -0.05) is 12.1 Å². The number of fused-ring (bicyclic) bond motifs is 1. The molecule has 6 heteroatoms. The maximum absolute atomic E-state index is 11.8. The number of nitrogens with one attached hydrogen (secondary N) is 2. The molecular formula is C12H15N4O2+. The number of carbonyl (C=O) groups is 1. The Morgan fingerprint density at radius 3 is 3.00 bits per heavy atom. The quantitative estimate of drug-likeness (QED) is 0.629. The van der Waals surface area contributed by atoms with Crippen molar-refractivity contribution >= 4 is 16.8 Å². The van der Waals surface area contributed by atoms with Gasteiger partial charge < -0.3 is 15.6 Å². The molecule has 18 heavy (non-hydrogen) atoms. The lowest BCUT2D eigenvalue weighted by molar-refractivity contribution is -0.661. The van der Waals surface area contributed by atoms with Gasteiger partial charge in [-0.15, -0.1) is 0 Å². The van der Waals surface area contributed by atoms with Gasteiger partial charge in [-0.2, -0.15) is 0 Å². The van der Waals surface area contributed by atoms with E-state index in [0.717, 1.165) is 0 Å². The average molecular weight is 247 g/mol. The van der Waals surface area contributed by atoms with Crippen molar-refractivity contribution in [2.45, 2.75) is 6.54 Å². The fraction of sp³-hybridized carbons (Fsp3) is 0.250. The van der Waals surface area contributed by atoms with Crippen LogP contribution in [-0.2, 0) is 11.3 Å². The normalized spacial score (nSPS) is 10.5. The molecule has 6 nitrogen and oxygen atoms in total. The second-order valence-corrected chi connectivity index (χ2v) is 3.90. The summed E-state index contributed by atoms with van der Waals surface area (Å²) in [7, 11) is 1.59. The van der Waals surface area contributed by atoms with Crippen LogP contribution < -0.4 is 16.2 Å². The number of likely N-dealkylation sites (N-methyl/N-ethyl adjacent to an activating group) is 1. The van der Waals surface area contributed by atoms with E-state index in [0.29, 0.717) is 29.8 Å². The Balaban J connectivity index is 2.15. The van der Waals surface area contributed by atoms with Gasteiger partial charge in [0.25, 0.3) is 11.5 Å². The van der Waals surface area contributed by atoms with E-state index in [9.17, 15) is 9.59 Å². The lowest BCUT2D eigenvalue weighted by Crippen LogP contribution is -2.85. The first-order chi connectivity index (χ1) is 8.70. The molecule has 0 spiro atoms. The Morgan fingerprint density at radius 1 is 1.44 bits per heavy atom. The van der Waals surface area contributed by atoms with Gasteiger partial charge in [0.15, 0.2) is 12.4 Å². The van der Waals surface area contributed by atoms with Crippen LogP contribution in [0.25, 0.3) is 10.9 Å². The zero-order chi connectivity index (χ0) is 13.0. The van der Waals surface area contributed by atoms with E-state index in [1.165, 1.54) is 0 Å². The van der Waals surface area contributed by atoms with Gasteiger partial charge in [-0.3, -0.25) is 9.59 Å². The molecule has 1 amide bonds. The van der Waals surface area contributed by atoms with Crippen LogP contribution in [0.1, 0.15) is 5.82 Å². The predicted octanol–water partition coefficient (Wildman–Crippen LogP) is -1.27. The molecule has 0 saturated heterocycles. The highest BCUT2D eigenvalue weighted by atomic mass is 16.1. The van der Waals surface area contributed by atoms with Crippen LogP contribution in [0.15, 0.2) is 29.1 Å². The summed E-state index contributed by atoms with van der Waals surface area (Å²) in [5.41, 5.74) is 0.522. The number of aromatic nitrogens is 2. The Morgan fingerprint density at radius 2 is 2.22 bits per heavy atom. The van der Waals surface area contributed by atoms with Crippen molar-refractivity contribution in [1.82, 2.24) is 15.3 Å². The number of rotatable bonds is 4. The molecule has 0 aliphatic carbocycles. The van der Waals surface area contributed by atoms with Crippen molar-refractivity contribution in [1.29, 1.82) is 0 Å². The molecule has 2 rings (SSSR count). The highest BCUT2D eigenvalue weighted by Gasteiger charge is 2.05. The fourth-order valence-electron chi connectivity index (χ4n) is 1.67. The molecule has 0 radical (unpaired) electrons. The van der Waals surface area contributed by atoms with E-state index in [1.807, 2.05) is 6.07 Å². The van der Waals surface area contributed by atoms with Crippen molar-refractivity contribution in [2.24, 2.45) is 0 Å². The number of nitrogens with zero attached hydrogens (tertiary/aromatic N) is 1. The van der Waals surface area contributed by atoms with Crippen molar-refractivity contribution in [3.05, 3.63) is 40.4 Å². The highest BCUT2D eigenvalue weighted by molar-refractivity contribution is 5.77. The Labute approximate surface area is 103 Å². The number of aromatic amines is 1. The third-order valence-electron chi connectivity index (χ3n) is 2.61. The minimum Gasteiger partial charge on any atom is -0.354 e. The molecule has 0 unspecified atom stereocenters. The molecule has 1 heterocycles. The van der Waals surface area contributed by atoms with Crippen molar-refractivity contribution in [2.75, 3.05) is 13.6 Å². The third kappa shape index (κ3) is 2.72. The van der Waals surface area contributed by atoms with E-state index >= 15 is 0 Å². The number of nitrogens with two attached hydrogens (primary N) is 1. The minimum atomic E-state index is -0.149. The maximum atomic E-state index is 11.8. The minimum absolute atomic E-state index is 0.0573. The topological polar surface area (TPSA) is 91.5 Å². The molecule has 1 aromatic carbocycles. The zero-order valence-corrected chi connectivity index (χ0v) is 10.1. The number of para-hydroxylation sites is 1. The molecule has 2 aromatic rings. The molecule has 4 N–H and O–H groups in total. The standard InChI is InChI=1S/C12H14N4O2/c1-13-11(17)7-14-6-10-15-9-5-3-2-4-8(9)12(18)16-10/h2-5,14H,6-7H2,1H3,(H,13,17)(H,15,16,18)/p+1. The smallest absolute Gasteiger partial charge is 0.274 e. The lowest BCUT2D eigenvalue weighted by atomic mass is 10.2. The molecule has 0 aliphatic rings. The summed E-state index contributed by atoms with van der Waals surface area (Å²) < 4.78 is 0. The number of hydrogen-bond acceptors (Lipinski definition) is 3. The lowest BCUT2D eigenvalue weighted by Gasteiger charge is -2.02. The summed E-state index contributed by atoms with van der Waals surface area (Å²) in [6.07, 6.45) is 0. The number of carbonyl (C=O) groups excluding carboxylic acids is 1. The van der Waals surface area contributed by atoms with Crippen LogP contribution in [0.2, 0.25) is 0 Å². The Bertz CT molecular complexity index is 621. The number of hydrogen-bond donors (Lipinski definition) is 3. The van der Waals surface area contributed by atoms with Gasteiger partial charge in [0.1, 0.15) is 6.54 Å². The first-order valence-electron chi connectivity index (χ1n) is 5.71. The van der Waals surface area contributed by atoms with Crippen LogP contribution >= 0.6 is 0 Å². The van der Waals surface area contributed by atoms with Gasteiger partial charge in [-0.25, -0.2) is 4.98 Å². The van der Waals surface area contributed by atoms with E-state index in [-0.39, 0.29) is 11.5 Å². The summed E-state index contributed by atoms with van der Waals surface area (Å²) in [5.74, 6) is 0.515. The van der Waals surface area contributed by atoms with Gasteiger partial charge in [-0.05, 0) is 12.1 Å². The second-order valence-electron chi connectivity index (χ2n) is 3.90.